The van der Waals surface area contributed by atoms with Crippen molar-refractivity contribution in [2.24, 2.45) is 0 Å². The molecule has 0 unspecified atom stereocenters. The van der Waals surface area contributed by atoms with E-state index in [0.29, 0.717) is 18.8 Å². The number of nitrogens with zero attached hydrogens (tertiary/aromatic N) is 3. The lowest BCUT2D eigenvalue weighted by atomic mass is 10.2. The molecule has 1 saturated heterocycles. The smallest absolute Gasteiger partial charge is 0.272 e. The van der Waals surface area contributed by atoms with E-state index in [4.69, 9.17) is 11.6 Å². The number of halogens is 1. The second-order valence-electron chi connectivity index (χ2n) is 6.68. The number of benzene rings is 2. The Kier molecular flexibility index (Phi) is 5.44. The van der Waals surface area contributed by atoms with Gasteiger partial charge in [-0.15, -0.1) is 0 Å². The summed E-state index contributed by atoms with van der Waals surface area (Å²) in [4.78, 5) is 21.3. The van der Waals surface area contributed by atoms with E-state index in [0.717, 1.165) is 35.2 Å². The van der Waals surface area contributed by atoms with Crippen molar-refractivity contribution >= 4 is 34.6 Å². The summed E-state index contributed by atoms with van der Waals surface area (Å²) in [5.41, 5.74) is 3.37. The third-order valence-electron chi connectivity index (χ3n) is 4.78. The molecule has 142 valence electrons. The van der Waals surface area contributed by atoms with Crippen LogP contribution in [0.3, 0.4) is 0 Å². The molecule has 0 bridgehead atoms. The lowest BCUT2D eigenvalue weighted by Gasteiger charge is -2.36. The van der Waals surface area contributed by atoms with Crippen molar-refractivity contribution in [3.05, 3.63) is 83.6 Å². The van der Waals surface area contributed by atoms with Crippen LogP contribution in [0.4, 0.5) is 17.1 Å². The summed E-state index contributed by atoms with van der Waals surface area (Å²) in [5.74, 6) is -0.0394. The normalized spacial score (nSPS) is 14.0. The molecule has 0 radical (unpaired) electrons. The van der Waals surface area contributed by atoms with Crippen molar-refractivity contribution in [2.75, 3.05) is 36.4 Å². The highest BCUT2D eigenvalue weighted by Crippen LogP contribution is 2.22. The van der Waals surface area contributed by atoms with Gasteiger partial charge in [0.2, 0.25) is 0 Å². The lowest BCUT2D eigenvalue weighted by Crippen LogP contribution is -2.49. The number of anilines is 3. The SMILES string of the molecule is O=C(c1cc(Nc2ccccc2)ccn1)N1CCN(c2cccc(Cl)c2)CC1. The number of hydrogen-bond donors (Lipinski definition) is 1. The molecule has 6 heteroatoms. The number of para-hydroxylation sites is 1. The van der Waals surface area contributed by atoms with Crippen molar-refractivity contribution in [2.45, 2.75) is 0 Å². The van der Waals surface area contributed by atoms with Crippen LogP contribution >= 0.6 is 11.6 Å². The Morgan fingerprint density at radius 2 is 1.68 bits per heavy atom. The number of hydrogen-bond acceptors (Lipinski definition) is 4. The highest BCUT2D eigenvalue weighted by molar-refractivity contribution is 6.30. The van der Waals surface area contributed by atoms with Crippen LogP contribution in [0.5, 0.6) is 0 Å². The van der Waals surface area contributed by atoms with Crippen LogP contribution in [0, 0.1) is 0 Å². The van der Waals surface area contributed by atoms with Gasteiger partial charge in [-0.1, -0.05) is 35.9 Å². The van der Waals surface area contributed by atoms with E-state index in [1.807, 2.05) is 65.6 Å². The molecule has 4 rings (SSSR count). The van der Waals surface area contributed by atoms with Crippen LogP contribution < -0.4 is 10.2 Å². The minimum atomic E-state index is -0.0394. The van der Waals surface area contributed by atoms with E-state index in [1.54, 1.807) is 12.3 Å². The zero-order chi connectivity index (χ0) is 19.3. The predicted molar refractivity (Wildman–Crippen MR) is 114 cm³/mol. The topological polar surface area (TPSA) is 48.5 Å². The molecular formula is C22H21ClN4O. The third-order valence-corrected chi connectivity index (χ3v) is 5.02. The molecule has 1 aliphatic heterocycles. The van der Waals surface area contributed by atoms with Gasteiger partial charge in [0.25, 0.3) is 5.91 Å². The molecule has 2 aromatic carbocycles. The molecule has 1 aliphatic rings. The van der Waals surface area contributed by atoms with Gasteiger partial charge >= 0.3 is 0 Å². The van der Waals surface area contributed by atoms with Crippen LogP contribution in [0.2, 0.25) is 5.02 Å². The van der Waals surface area contributed by atoms with Crippen molar-refractivity contribution in [1.82, 2.24) is 9.88 Å². The largest absolute Gasteiger partial charge is 0.368 e. The summed E-state index contributed by atoms with van der Waals surface area (Å²) in [5, 5.41) is 4.03. The summed E-state index contributed by atoms with van der Waals surface area (Å²) in [7, 11) is 0. The van der Waals surface area contributed by atoms with Gasteiger partial charge in [-0.25, -0.2) is 0 Å². The first kappa shape index (κ1) is 18.3. The van der Waals surface area contributed by atoms with E-state index in [9.17, 15) is 4.79 Å². The van der Waals surface area contributed by atoms with Crippen LogP contribution in [0.15, 0.2) is 72.9 Å². The van der Waals surface area contributed by atoms with Gasteiger partial charge < -0.3 is 15.1 Å². The Hall–Kier alpha value is -3.05. The number of amides is 1. The molecule has 0 atom stereocenters. The molecule has 0 aliphatic carbocycles. The minimum absolute atomic E-state index is 0.0394. The molecule has 1 aromatic heterocycles. The monoisotopic (exact) mass is 392 g/mol. The molecule has 1 fully saturated rings. The molecular weight excluding hydrogens is 372 g/mol. The first-order chi connectivity index (χ1) is 13.7. The van der Waals surface area contributed by atoms with Gasteiger partial charge in [0.15, 0.2) is 0 Å². The standard InChI is InChI=1S/C22H21ClN4O/c23-17-5-4-8-20(15-17)26-11-13-27(14-12-26)22(28)21-16-19(9-10-24-21)25-18-6-2-1-3-7-18/h1-10,15-16H,11-14H2,(H,24,25). The van der Waals surface area contributed by atoms with Crippen molar-refractivity contribution in [3.63, 3.8) is 0 Å². The highest BCUT2D eigenvalue weighted by Gasteiger charge is 2.23. The first-order valence-electron chi connectivity index (χ1n) is 9.27. The summed E-state index contributed by atoms with van der Waals surface area (Å²) in [6.45, 7) is 2.86. The molecule has 1 N–H and O–H groups in total. The summed E-state index contributed by atoms with van der Waals surface area (Å²) in [6.07, 6.45) is 1.67. The first-order valence-corrected chi connectivity index (χ1v) is 9.65. The van der Waals surface area contributed by atoms with Crippen molar-refractivity contribution in [1.29, 1.82) is 0 Å². The van der Waals surface area contributed by atoms with Crippen molar-refractivity contribution < 1.29 is 4.79 Å². The molecule has 2 heterocycles. The number of piperazine rings is 1. The van der Waals surface area contributed by atoms with Gasteiger partial charge in [0, 0.05) is 54.5 Å². The number of nitrogens with one attached hydrogen (secondary N) is 1. The number of rotatable bonds is 4. The van der Waals surface area contributed by atoms with Crippen LogP contribution in [-0.2, 0) is 0 Å². The van der Waals surface area contributed by atoms with E-state index in [-0.39, 0.29) is 5.91 Å². The molecule has 3 aromatic rings. The Morgan fingerprint density at radius 1 is 0.893 bits per heavy atom. The maximum atomic E-state index is 12.9. The fraction of sp³-hybridized carbons (Fsp3) is 0.182. The molecule has 5 nitrogen and oxygen atoms in total. The molecule has 28 heavy (non-hydrogen) atoms. The van der Waals surface area contributed by atoms with Crippen LogP contribution in [0.1, 0.15) is 10.5 Å². The van der Waals surface area contributed by atoms with Gasteiger partial charge in [-0.05, 0) is 42.5 Å². The zero-order valence-electron chi connectivity index (χ0n) is 15.4. The van der Waals surface area contributed by atoms with Crippen LogP contribution in [-0.4, -0.2) is 42.0 Å². The number of pyridine rings is 1. The summed E-state index contributed by atoms with van der Waals surface area (Å²) in [6, 6.07) is 21.4. The van der Waals surface area contributed by atoms with Gasteiger partial charge in [-0.2, -0.15) is 0 Å². The molecule has 0 saturated carbocycles. The van der Waals surface area contributed by atoms with Gasteiger partial charge in [0.1, 0.15) is 5.69 Å². The van der Waals surface area contributed by atoms with Gasteiger partial charge in [-0.3, -0.25) is 9.78 Å². The summed E-state index contributed by atoms with van der Waals surface area (Å²) >= 11 is 6.09. The average Bonchev–Trinajstić information content (AvgIpc) is 2.74. The Balaban J connectivity index is 1.41. The quantitative estimate of drug-likeness (QED) is 0.713. The Bertz CT molecular complexity index is 956. The minimum Gasteiger partial charge on any atom is -0.368 e. The van der Waals surface area contributed by atoms with E-state index < -0.39 is 0 Å². The number of carbonyl (C=O) groups excluding carboxylic acids is 1. The fourth-order valence-corrected chi connectivity index (χ4v) is 3.50. The number of carbonyl (C=O) groups is 1. The van der Waals surface area contributed by atoms with E-state index in [1.165, 1.54) is 0 Å². The number of aromatic nitrogens is 1. The second kappa shape index (κ2) is 8.31. The maximum Gasteiger partial charge on any atom is 0.272 e. The average molecular weight is 393 g/mol. The fourth-order valence-electron chi connectivity index (χ4n) is 3.32. The van der Waals surface area contributed by atoms with E-state index >= 15 is 0 Å². The second-order valence-corrected chi connectivity index (χ2v) is 7.12. The van der Waals surface area contributed by atoms with E-state index in [2.05, 4.69) is 15.2 Å². The third kappa shape index (κ3) is 4.26. The predicted octanol–water partition coefficient (Wildman–Crippen LogP) is 4.44. The summed E-state index contributed by atoms with van der Waals surface area (Å²) < 4.78 is 0. The lowest BCUT2D eigenvalue weighted by molar-refractivity contribution is 0.0741. The Morgan fingerprint density at radius 3 is 2.43 bits per heavy atom. The zero-order valence-corrected chi connectivity index (χ0v) is 16.1. The molecule has 0 spiro atoms. The van der Waals surface area contributed by atoms with Gasteiger partial charge in [0.05, 0.1) is 0 Å². The Labute approximate surface area is 169 Å². The van der Waals surface area contributed by atoms with Crippen LogP contribution in [0.25, 0.3) is 0 Å². The highest BCUT2D eigenvalue weighted by atomic mass is 35.5. The van der Waals surface area contributed by atoms with Crippen molar-refractivity contribution in [3.8, 4) is 0 Å². The maximum absolute atomic E-state index is 12.9. The molecule has 1 amide bonds.